The minimum absolute atomic E-state index is 0.0371. The third-order valence-electron chi connectivity index (χ3n) is 2.21. The molecule has 0 saturated carbocycles. The summed E-state index contributed by atoms with van der Waals surface area (Å²) in [5, 5.41) is 0. The molecule has 1 aromatic carbocycles. The van der Waals surface area contributed by atoms with Gasteiger partial charge in [0, 0.05) is 0 Å². The fraction of sp³-hybridized carbons (Fsp3) is 0.455. The van der Waals surface area contributed by atoms with Crippen molar-refractivity contribution in [1.29, 1.82) is 0 Å². The summed E-state index contributed by atoms with van der Waals surface area (Å²) in [5.74, 6) is -0.412. The Bertz CT molecular complexity index is 348. The van der Waals surface area contributed by atoms with Crippen molar-refractivity contribution in [2.75, 3.05) is 0 Å². The van der Waals surface area contributed by atoms with E-state index >= 15 is 0 Å². The van der Waals surface area contributed by atoms with E-state index in [0.717, 1.165) is 6.07 Å². The first-order valence-corrected chi connectivity index (χ1v) is 4.67. The number of benzene rings is 1. The Morgan fingerprint density at radius 2 is 1.80 bits per heavy atom. The second-order valence-corrected chi connectivity index (χ2v) is 3.62. The lowest BCUT2D eigenvalue weighted by Crippen LogP contribution is -2.06. The van der Waals surface area contributed by atoms with Crippen LogP contribution in [0.5, 0.6) is 5.75 Å². The van der Waals surface area contributed by atoms with Crippen LogP contribution in [0.3, 0.4) is 0 Å². The zero-order valence-corrected chi connectivity index (χ0v) is 8.85. The summed E-state index contributed by atoms with van der Waals surface area (Å²) in [6.07, 6.45) is 0. The standard InChI is InChI=1S/C11H13F3O/c1-6(2)10-7(3)9(15-11(13)14)5-4-8(10)12/h4-6,11H,1-3H3. The Morgan fingerprint density at radius 3 is 2.27 bits per heavy atom. The quantitative estimate of drug-likeness (QED) is 0.748. The van der Waals surface area contributed by atoms with E-state index in [1.807, 2.05) is 0 Å². The van der Waals surface area contributed by atoms with E-state index in [2.05, 4.69) is 4.74 Å². The molecule has 1 nitrogen and oxygen atoms in total. The smallest absolute Gasteiger partial charge is 0.387 e. The SMILES string of the molecule is Cc1c(OC(F)F)ccc(F)c1C(C)C. The predicted molar refractivity (Wildman–Crippen MR) is 51.9 cm³/mol. The molecule has 0 heterocycles. The lowest BCUT2D eigenvalue weighted by atomic mass is 9.97. The molecule has 84 valence electrons. The van der Waals surface area contributed by atoms with E-state index < -0.39 is 6.61 Å². The highest BCUT2D eigenvalue weighted by molar-refractivity contribution is 5.41. The molecule has 0 amide bonds. The highest BCUT2D eigenvalue weighted by Gasteiger charge is 2.15. The van der Waals surface area contributed by atoms with Gasteiger partial charge in [0.2, 0.25) is 0 Å². The molecule has 0 bridgehead atoms. The topological polar surface area (TPSA) is 9.23 Å². The highest BCUT2D eigenvalue weighted by Crippen LogP contribution is 2.30. The van der Waals surface area contributed by atoms with Crippen molar-refractivity contribution in [1.82, 2.24) is 0 Å². The van der Waals surface area contributed by atoms with Crippen LogP contribution in [0.1, 0.15) is 30.9 Å². The van der Waals surface area contributed by atoms with Crippen molar-refractivity contribution in [3.8, 4) is 5.75 Å². The number of halogens is 3. The lowest BCUT2D eigenvalue weighted by molar-refractivity contribution is -0.0504. The van der Waals surface area contributed by atoms with E-state index in [1.165, 1.54) is 6.07 Å². The summed E-state index contributed by atoms with van der Waals surface area (Å²) in [6.45, 7) is 2.31. The molecule has 0 radical (unpaired) electrons. The van der Waals surface area contributed by atoms with Gasteiger partial charge in [-0.25, -0.2) is 4.39 Å². The first-order chi connectivity index (χ1) is 6.93. The largest absolute Gasteiger partial charge is 0.435 e. The number of rotatable bonds is 3. The number of alkyl halides is 2. The molecule has 0 fully saturated rings. The third-order valence-corrected chi connectivity index (χ3v) is 2.21. The molecule has 0 aliphatic heterocycles. The second-order valence-electron chi connectivity index (χ2n) is 3.62. The van der Waals surface area contributed by atoms with Gasteiger partial charge in [0.05, 0.1) is 0 Å². The second kappa shape index (κ2) is 4.55. The maximum absolute atomic E-state index is 13.4. The summed E-state index contributed by atoms with van der Waals surface area (Å²) < 4.78 is 41.7. The van der Waals surface area contributed by atoms with Crippen LogP contribution in [0, 0.1) is 12.7 Å². The summed E-state index contributed by atoms with van der Waals surface area (Å²) in [7, 11) is 0. The molecule has 1 rings (SSSR count). The minimum atomic E-state index is -2.88. The summed E-state index contributed by atoms with van der Waals surface area (Å²) in [6, 6.07) is 2.38. The van der Waals surface area contributed by atoms with Crippen molar-refractivity contribution < 1.29 is 17.9 Å². The molecule has 0 unspecified atom stereocenters. The maximum atomic E-state index is 13.4. The van der Waals surface area contributed by atoms with Crippen molar-refractivity contribution >= 4 is 0 Å². The van der Waals surface area contributed by atoms with Gasteiger partial charge >= 0.3 is 6.61 Å². The van der Waals surface area contributed by atoms with Crippen LogP contribution in [-0.2, 0) is 0 Å². The Hall–Kier alpha value is -1.19. The van der Waals surface area contributed by atoms with Gasteiger partial charge < -0.3 is 4.74 Å². The zero-order valence-electron chi connectivity index (χ0n) is 8.85. The van der Waals surface area contributed by atoms with Gasteiger partial charge in [-0.15, -0.1) is 0 Å². The summed E-state index contributed by atoms with van der Waals surface area (Å²) >= 11 is 0. The van der Waals surface area contributed by atoms with Crippen LogP contribution in [0.25, 0.3) is 0 Å². The van der Waals surface area contributed by atoms with Crippen LogP contribution in [0.4, 0.5) is 13.2 Å². The van der Waals surface area contributed by atoms with E-state index in [9.17, 15) is 13.2 Å². The molecule has 0 saturated heterocycles. The number of ether oxygens (including phenoxy) is 1. The van der Waals surface area contributed by atoms with Crippen LogP contribution < -0.4 is 4.74 Å². The van der Waals surface area contributed by atoms with E-state index in [1.54, 1.807) is 20.8 Å². The van der Waals surface area contributed by atoms with Crippen LogP contribution in [0.15, 0.2) is 12.1 Å². The molecule has 1 aromatic rings. The van der Waals surface area contributed by atoms with Gasteiger partial charge in [0.1, 0.15) is 11.6 Å². The fourth-order valence-electron chi connectivity index (χ4n) is 1.61. The van der Waals surface area contributed by atoms with Gasteiger partial charge in [-0.3, -0.25) is 0 Å². The molecular formula is C11H13F3O. The molecular weight excluding hydrogens is 205 g/mol. The van der Waals surface area contributed by atoms with Gasteiger partial charge in [-0.05, 0) is 36.1 Å². The number of hydrogen-bond donors (Lipinski definition) is 0. The Labute approximate surface area is 86.9 Å². The van der Waals surface area contributed by atoms with Gasteiger partial charge in [0.15, 0.2) is 0 Å². The van der Waals surface area contributed by atoms with E-state index in [-0.39, 0.29) is 17.5 Å². The molecule has 15 heavy (non-hydrogen) atoms. The normalized spacial score (nSPS) is 11.2. The van der Waals surface area contributed by atoms with Crippen LogP contribution >= 0.6 is 0 Å². The fourth-order valence-corrected chi connectivity index (χ4v) is 1.61. The predicted octanol–water partition coefficient (Wildman–Crippen LogP) is 3.86. The van der Waals surface area contributed by atoms with Crippen molar-refractivity contribution in [2.24, 2.45) is 0 Å². The molecule has 0 N–H and O–H groups in total. The Morgan fingerprint density at radius 1 is 1.20 bits per heavy atom. The van der Waals surface area contributed by atoms with Gasteiger partial charge in [0.25, 0.3) is 0 Å². The van der Waals surface area contributed by atoms with Gasteiger partial charge in [-0.2, -0.15) is 8.78 Å². The molecule has 0 aromatic heterocycles. The van der Waals surface area contributed by atoms with Crippen molar-refractivity contribution in [2.45, 2.75) is 33.3 Å². The van der Waals surface area contributed by atoms with Crippen molar-refractivity contribution in [3.05, 3.63) is 29.1 Å². The molecule has 0 atom stereocenters. The summed E-state index contributed by atoms with van der Waals surface area (Å²) in [5.41, 5.74) is 0.860. The lowest BCUT2D eigenvalue weighted by Gasteiger charge is -2.15. The molecule has 4 heteroatoms. The van der Waals surface area contributed by atoms with E-state index in [0.29, 0.717) is 11.1 Å². The van der Waals surface area contributed by atoms with E-state index in [4.69, 9.17) is 0 Å². The molecule has 0 aliphatic rings. The zero-order chi connectivity index (χ0) is 11.6. The third kappa shape index (κ3) is 2.64. The number of hydrogen-bond acceptors (Lipinski definition) is 1. The van der Waals surface area contributed by atoms with Crippen LogP contribution in [-0.4, -0.2) is 6.61 Å². The van der Waals surface area contributed by atoms with Crippen molar-refractivity contribution in [3.63, 3.8) is 0 Å². The maximum Gasteiger partial charge on any atom is 0.387 e. The highest BCUT2D eigenvalue weighted by atomic mass is 19.3. The first-order valence-electron chi connectivity index (χ1n) is 4.67. The Kier molecular flexibility index (Phi) is 3.61. The summed E-state index contributed by atoms with van der Waals surface area (Å²) in [4.78, 5) is 0. The molecule has 0 aliphatic carbocycles. The average molecular weight is 218 g/mol. The molecule has 0 spiro atoms. The monoisotopic (exact) mass is 218 g/mol. The minimum Gasteiger partial charge on any atom is -0.435 e. The first kappa shape index (κ1) is 11.9. The Balaban J connectivity index is 3.16. The van der Waals surface area contributed by atoms with Crippen LogP contribution in [0.2, 0.25) is 0 Å². The average Bonchev–Trinajstić information content (AvgIpc) is 2.09. The van der Waals surface area contributed by atoms with Gasteiger partial charge in [-0.1, -0.05) is 13.8 Å².